The molecule has 2 atom stereocenters. The number of nitrogens with one attached hydrogen (secondary N) is 1. The lowest BCUT2D eigenvalue weighted by atomic mass is 9.95. The molecule has 0 bridgehead atoms. The number of carbonyl (C=O) groups is 1. The number of piperidine rings is 1. The van der Waals surface area contributed by atoms with Gasteiger partial charge < -0.3 is 10.4 Å². The summed E-state index contributed by atoms with van der Waals surface area (Å²) in [5, 5.41) is 13.0. The Bertz CT molecular complexity index is 702. The molecule has 2 unspecified atom stereocenters. The van der Waals surface area contributed by atoms with Crippen LogP contribution in [0.15, 0.2) is 54.6 Å². The molecule has 1 heterocycles. The van der Waals surface area contributed by atoms with Crippen molar-refractivity contribution in [3.05, 3.63) is 65.7 Å². The molecule has 0 spiro atoms. The molecule has 0 saturated carbocycles. The summed E-state index contributed by atoms with van der Waals surface area (Å²) in [4.78, 5) is 15.0. The standard InChI is InChI=1S/C21H26N2O2/c1-16(22-21(25)18-11-5-6-13-20(18)24)19-12-7-8-14-23(19)15-17-9-3-2-4-10-17/h2-6,9-11,13,16,19,24H,7-8,12,14-15H2,1H3,(H,22,25). The lowest BCUT2D eigenvalue weighted by Gasteiger charge is -2.39. The molecular formula is C21H26N2O2. The van der Waals surface area contributed by atoms with E-state index in [1.807, 2.05) is 6.07 Å². The SMILES string of the molecule is CC(NC(=O)c1ccccc1O)C1CCCCN1Cc1ccccc1. The topological polar surface area (TPSA) is 52.6 Å². The van der Waals surface area contributed by atoms with E-state index in [1.165, 1.54) is 18.4 Å². The van der Waals surface area contributed by atoms with Gasteiger partial charge >= 0.3 is 0 Å². The molecule has 3 rings (SSSR count). The molecule has 1 saturated heterocycles. The lowest BCUT2D eigenvalue weighted by molar-refractivity contribution is 0.0828. The molecule has 2 N–H and O–H groups in total. The van der Waals surface area contributed by atoms with Crippen LogP contribution in [0.4, 0.5) is 0 Å². The first-order chi connectivity index (χ1) is 12.1. The second-order valence-electron chi connectivity index (χ2n) is 6.80. The van der Waals surface area contributed by atoms with E-state index in [1.54, 1.807) is 24.3 Å². The number of carbonyl (C=O) groups excluding carboxylic acids is 1. The Morgan fingerprint density at radius 2 is 1.88 bits per heavy atom. The minimum atomic E-state index is -0.212. The second-order valence-corrected chi connectivity index (χ2v) is 6.80. The number of rotatable bonds is 5. The van der Waals surface area contributed by atoms with E-state index in [4.69, 9.17) is 0 Å². The van der Waals surface area contributed by atoms with Crippen LogP contribution in [0.1, 0.15) is 42.1 Å². The Labute approximate surface area is 149 Å². The molecule has 0 radical (unpaired) electrons. The summed E-state index contributed by atoms with van der Waals surface area (Å²) >= 11 is 0. The molecule has 0 aromatic heterocycles. The zero-order chi connectivity index (χ0) is 17.6. The molecule has 2 aromatic rings. The van der Waals surface area contributed by atoms with Crippen LogP contribution in [0.25, 0.3) is 0 Å². The van der Waals surface area contributed by atoms with Crippen molar-refractivity contribution in [2.75, 3.05) is 6.54 Å². The Kier molecular flexibility index (Phi) is 5.71. The zero-order valence-corrected chi connectivity index (χ0v) is 14.7. The van der Waals surface area contributed by atoms with E-state index in [0.717, 1.165) is 19.5 Å². The van der Waals surface area contributed by atoms with Gasteiger partial charge in [0, 0.05) is 18.6 Å². The van der Waals surface area contributed by atoms with E-state index in [2.05, 4.69) is 41.4 Å². The lowest BCUT2D eigenvalue weighted by Crippen LogP contribution is -2.52. The van der Waals surface area contributed by atoms with Gasteiger partial charge in [0.2, 0.25) is 0 Å². The molecule has 25 heavy (non-hydrogen) atoms. The highest BCUT2D eigenvalue weighted by molar-refractivity contribution is 5.96. The van der Waals surface area contributed by atoms with Crippen molar-refractivity contribution >= 4 is 5.91 Å². The minimum absolute atomic E-state index is 0.0242. The molecule has 4 nitrogen and oxygen atoms in total. The number of phenols is 1. The average molecular weight is 338 g/mol. The number of hydrogen-bond acceptors (Lipinski definition) is 3. The Morgan fingerprint density at radius 1 is 1.16 bits per heavy atom. The highest BCUT2D eigenvalue weighted by atomic mass is 16.3. The van der Waals surface area contributed by atoms with Crippen LogP contribution in [0.3, 0.4) is 0 Å². The Balaban J connectivity index is 1.67. The van der Waals surface area contributed by atoms with Crippen molar-refractivity contribution in [3.63, 3.8) is 0 Å². The minimum Gasteiger partial charge on any atom is -0.507 e. The highest BCUT2D eigenvalue weighted by Crippen LogP contribution is 2.23. The molecule has 1 amide bonds. The molecule has 4 heteroatoms. The van der Waals surface area contributed by atoms with Crippen LogP contribution in [-0.2, 0) is 6.54 Å². The number of likely N-dealkylation sites (tertiary alicyclic amines) is 1. The van der Waals surface area contributed by atoms with E-state index in [9.17, 15) is 9.90 Å². The number of amides is 1. The van der Waals surface area contributed by atoms with Crippen LogP contribution in [0.5, 0.6) is 5.75 Å². The second kappa shape index (κ2) is 8.17. The number of nitrogens with zero attached hydrogens (tertiary/aromatic N) is 1. The summed E-state index contributed by atoms with van der Waals surface area (Å²) in [6, 6.07) is 17.5. The predicted molar refractivity (Wildman–Crippen MR) is 99.5 cm³/mol. The van der Waals surface area contributed by atoms with E-state index < -0.39 is 0 Å². The molecule has 132 valence electrons. The number of hydrogen-bond donors (Lipinski definition) is 2. The van der Waals surface area contributed by atoms with Crippen molar-refractivity contribution < 1.29 is 9.90 Å². The van der Waals surface area contributed by atoms with Crippen LogP contribution >= 0.6 is 0 Å². The first-order valence-corrected chi connectivity index (χ1v) is 9.02. The van der Waals surface area contributed by atoms with Crippen LogP contribution in [-0.4, -0.2) is 34.5 Å². The van der Waals surface area contributed by atoms with Crippen molar-refractivity contribution in [1.82, 2.24) is 10.2 Å². The maximum atomic E-state index is 12.5. The maximum Gasteiger partial charge on any atom is 0.255 e. The average Bonchev–Trinajstić information content (AvgIpc) is 2.63. The van der Waals surface area contributed by atoms with Gasteiger partial charge in [-0.1, -0.05) is 48.9 Å². The summed E-state index contributed by atoms with van der Waals surface area (Å²) < 4.78 is 0. The fourth-order valence-corrected chi connectivity index (χ4v) is 3.64. The molecular weight excluding hydrogens is 312 g/mol. The van der Waals surface area contributed by atoms with Crippen LogP contribution < -0.4 is 5.32 Å². The van der Waals surface area contributed by atoms with E-state index in [-0.39, 0.29) is 17.7 Å². The third-order valence-electron chi connectivity index (χ3n) is 4.98. The summed E-state index contributed by atoms with van der Waals surface area (Å²) in [7, 11) is 0. The van der Waals surface area contributed by atoms with Gasteiger partial charge in [-0.2, -0.15) is 0 Å². The maximum absolute atomic E-state index is 12.5. The quantitative estimate of drug-likeness (QED) is 0.876. The van der Waals surface area contributed by atoms with Crippen molar-refractivity contribution in [3.8, 4) is 5.75 Å². The smallest absolute Gasteiger partial charge is 0.255 e. The van der Waals surface area contributed by atoms with Crippen LogP contribution in [0, 0.1) is 0 Å². The highest BCUT2D eigenvalue weighted by Gasteiger charge is 2.28. The fourth-order valence-electron chi connectivity index (χ4n) is 3.64. The Morgan fingerprint density at radius 3 is 2.64 bits per heavy atom. The molecule has 1 fully saturated rings. The largest absolute Gasteiger partial charge is 0.507 e. The monoisotopic (exact) mass is 338 g/mol. The third kappa shape index (κ3) is 4.40. The van der Waals surface area contributed by atoms with E-state index >= 15 is 0 Å². The normalized spacial score (nSPS) is 19.3. The van der Waals surface area contributed by atoms with Crippen molar-refractivity contribution in [1.29, 1.82) is 0 Å². The predicted octanol–water partition coefficient (Wildman–Crippen LogP) is 3.57. The molecule has 2 aromatic carbocycles. The van der Waals surface area contributed by atoms with Gasteiger partial charge in [0.05, 0.1) is 5.56 Å². The van der Waals surface area contributed by atoms with E-state index in [0.29, 0.717) is 11.6 Å². The first-order valence-electron chi connectivity index (χ1n) is 9.02. The number of aromatic hydroxyl groups is 1. The van der Waals surface area contributed by atoms with Gasteiger partial charge in [-0.25, -0.2) is 0 Å². The van der Waals surface area contributed by atoms with Gasteiger partial charge in [0.15, 0.2) is 0 Å². The number of phenolic OH excluding ortho intramolecular Hbond substituents is 1. The molecule has 1 aliphatic heterocycles. The first kappa shape index (κ1) is 17.5. The number of para-hydroxylation sites is 1. The van der Waals surface area contributed by atoms with Gasteiger partial charge in [-0.15, -0.1) is 0 Å². The Hall–Kier alpha value is -2.33. The fraction of sp³-hybridized carbons (Fsp3) is 0.381. The summed E-state index contributed by atoms with van der Waals surface area (Å²) in [6.45, 7) is 4.02. The van der Waals surface area contributed by atoms with Gasteiger partial charge in [-0.3, -0.25) is 9.69 Å². The zero-order valence-electron chi connectivity index (χ0n) is 14.7. The molecule has 1 aliphatic rings. The van der Waals surface area contributed by atoms with Gasteiger partial charge in [0.25, 0.3) is 5.91 Å². The van der Waals surface area contributed by atoms with Gasteiger partial charge in [0.1, 0.15) is 5.75 Å². The number of benzene rings is 2. The van der Waals surface area contributed by atoms with Crippen molar-refractivity contribution in [2.24, 2.45) is 0 Å². The van der Waals surface area contributed by atoms with Gasteiger partial charge in [-0.05, 0) is 44.0 Å². The van der Waals surface area contributed by atoms with Crippen molar-refractivity contribution in [2.45, 2.75) is 44.8 Å². The summed E-state index contributed by atoms with van der Waals surface area (Å²) in [5.41, 5.74) is 1.63. The van der Waals surface area contributed by atoms with Crippen LogP contribution in [0.2, 0.25) is 0 Å². The third-order valence-corrected chi connectivity index (χ3v) is 4.98. The molecule has 0 aliphatic carbocycles. The summed E-state index contributed by atoms with van der Waals surface area (Å²) in [6.07, 6.45) is 3.46. The summed E-state index contributed by atoms with van der Waals surface area (Å²) in [5.74, 6) is -0.187.